The first kappa shape index (κ1) is 21.8. The molecule has 150 valence electrons. The van der Waals surface area contributed by atoms with Crippen LogP contribution in [0.1, 0.15) is 31.4 Å². The van der Waals surface area contributed by atoms with Crippen molar-refractivity contribution in [3.05, 3.63) is 64.7 Å². The topological polar surface area (TPSA) is 58.6 Å². The molecule has 0 aliphatic heterocycles. The maximum Gasteiger partial charge on any atom is 0.242 e. The van der Waals surface area contributed by atoms with E-state index in [1.165, 1.54) is 0 Å². The molecule has 0 bridgehead atoms. The molecule has 0 unspecified atom stereocenters. The summed E-state index contributed by atoms with van der Waals surface area (Å²) in [5.74, 6) is 0.512. The summed E-state index contributed by atoms with van der Waals surface area (Å²) < 4.78 is 5.19. The molecule has 0 saturated carbocycles. The van der Waals surface area contributed by atoms with Gasteiger partial charge < -0.3 is 15.0 Å². The average Bonchev–Trinajstić information content (AvgIpc) is 2.70. The number of methoxy groups -OCH3 is 1. The number of ether oxygens (including phenoxy) is 1. The SMILES string of the molecule is CCNC(=O)[C@H](CC)N(Cc1ccc(OC)cc1)C(=O)Cc1ccc(Cl)cc1. The predicted molar refractivity (Wildman–Crippen MR) is 111 cm³/mol. The quantitative estimate of drug-likeness (QED) is 0.693. The van der Waals surface area contributed by atoms with Crippen molar-refractivity contribution in [2.24, 2.45) is 0 Å². The van der Waals surface area contributed by atoms with Gasteiger partial charge in [-0.15, -0.1) is 0 Å². The molecule has 28 heavy (non-hydrogen) atoms. The smallest absolute Gasteiger partial charge is 0.242 e. The highest BCUT2D eigenvalue weighted by Gasteiger charge is 2.28. The molecule has 0 aliphatic carbocycles. The molecule has 2 rings (SSSR count). The Labute approximate surface area is 171 Å². The molecular formula is C22H27ClN2O3. The van der Waals surface area contributed by atoms with Crippen LogP contribution in [0.2, 0.25) is 5.02 Å². The van der Waals surface area contributed by atoms with Gasteiger partial charge >= 0.3 is 0 Å². The van der Waals surface area contributed by atoms with Crippen LogP contribution in [0, 0.1) is 0 Å². The van der Waals surface area contributed by atoms with Crippen molar-refractivity contribution in [1.29, 1.82) is 0 Å². The van der Waals surface area contributed by atoms with Gasteiger partial charge in [-0.05, 0) is 48.7 Å². The fourth-order valence-electron chi connectivity index (χ4n) is 3.02. The highest BCUT2D eigenvalue weighted by molar-refractivity contribution is 6.30. The molecule has 1 atom stereocenters. The Kier molecular flexibility index (Phi) is 8.33. The maximum absolute atomic E-state index is 13.1. The Morgan fingerprint density at radius 3 is 2.18 bits per heavy atom. The van der Waals surface area contributed by atoms with Gasteiger partial charge in [0.2, 0.25) is 11.8 Å². The number of nitrogens with one attached hydrogen (secondary N) is 1. The summed E-state index contributed by atoms with van der Waals surface area (Å²) in [6, 6.07) is 14.2. The number of hydrogen-bond donors (Lipinski definition) is 1. The minimum absolute atomic E-state index is 0.101. The van der Waals surface area contributed by atoms with Crippen molar-refractivity contribution in [2.45, 2.75) is 39.3 Å². The number of rotatable bonds is 9. The highest BCUT2D eigenvalue weighted by atomic mass is 35.5. The summed E-state index contributed by atoms with van der Waals surface area (Å²) >= 11 is 5.93. The third-order valence-electron chi connectivity index (χ3n) is 4.52. The summed E-state index contributed by atoms with van der Waals surface area (Å²) in [5, 5.41) is 3.46. The molecule has 0 fully saturated rings. The van der Waals surface area contributed by atoms with E-state index in [0.717, 1.165) is 16.9 Å². The number of amides is 2. The highest BCUT2D eigenvalue weighted by Crippen LogP contribution is 2.18. The van der Waals surface area contributed by atoms with Gasteiger partial charge in [-0.2, -0.15) is 0 Å². The summed E-state index contributed by atoms with van der Waals surface area (Å²) in [7, 11) is 1.61. The summed E-state index contributed by atoms with van der Waals surface area (Å²) in [6.45, 7) is 4.66. The first-order valence-electron chi connectivity index (χ1n) is 9.43. The second-order valence-electron chi connectivity index (χ2n) is 6.49. The van der Waals surface area contributed by atoms with E-state index >= 15 is 0 Å². The van der Waals surface area contributed by atoms with E-state index in [-0.39, 0.29) is 18.2 Å². The van der Waals surface area contributed by atoms with Crippen LogP contribution in [0.3, 0.4) is 0 Å². The zero-order valence-electron chi connectivity index (χ0n) is 16.6. The molecule has 0 saturated heterocycles. The lowest BCUT2D eigenvalue weighted by Gasteiger charge is -2.30. The van der Waals surface area contributed by atoms with Gasteiger partial charge in [-0.1, -0.05) is 42.8 Å². The minimum Gasteiger partial charge on any atom is -0.497 e. The van der Waals surface area contributed by atoms with E-state index in [4.69, 9.17) is 16.3 Å². The molecule has 5 nitrogen and oxygen atoms in total. The van der Waals surface area contributed by atoms with Crippen molar-refractivity contribution in [2.75, 3.05) is 13.7 Å². The standard InChI is InChI=1S/C22H27ClN2O3/c1-4-20(22(27)24-5-2)25(15-17-8-12-19(28-3)13-9-17)21(26)14-16-6-10-18(23)11-7-16/h6-13,20H,4-5,14-15H2,1-3H3,(H,24,27)/t20-/m0/s1. The Morgan fingerprint density at radius 1 is 1.04 bits per heavy atom. The molecule has 2 aromatic carbocycles. The maximum atomic E-state index is 13.1. The largest absolute Gasteiger partial charge is 0.497 e. The fraction of sp³-hybridized carbons (Fsp3) is 0.364. The van der Waals surface area contributed by atoms with Gasteiger partial charge in [0.25, 0.3) is 0 Å². The molecule has 2 amide bonds. The van der Waals surface area contributed by atoms with Crippen molar-refractivity contribution in [3.8, 4) is 5.75 Å². The molecular weight excluding hydrogens is 376 g/mol. The van der Waals surface area contributed by atoms with E-state index in [2.05, 4.69) is 5.32 Å². The van der Waals surface area contributed by atoms with Crippen LogP contribution in [0.25, 0.3) is 0 Å². The first-order valence-corrected chi connectivity index (χ1v) is 9.80. The zero-order valence-corrected chi connectivity index (χ0v) is 17.3. The van der Waals surface area contributed by atoms with E-state index in [1.807, 2.05) is 50.2 Å². The lowest BCUT2D eigenvalue weighted by molar-refractivity contribution is -0.140. The number of halogens is 1. The Morgan fingerprint density at radius 2 is 1.64 bits per heavy atom. The van der Waals surface area contributed by atoms with Crippen molar-refractivity contribution in [1.82, 2.24) is 10.2 Å². The van der Waals surface area contributed by atoms with Gasteiger partial charge in [0.05, 0.1) is 13.5 Å². The third kappa shape index (κ3) is 5.99. The number of benzene rings is 2. The van der Waals surface area contributed by atoms with E-state index < -0.39 is 6.04 Å². The number of likely N-dealkylation sites (N-methyl/N-ethyl adjacent to an activating group) is 1. The van der Waals surface area contributed by atoms with Crippen molar-refractivity contribution < 1.29 is 14.3 Å². The first-order chi connectivity index (χ1) is 13.5. The molecule has 0 aliphatic rings. The molecule has 1 N–H and O–H groups in total. The molecule has 2 aromatic rings. The van der Waals surface area contributed by atoms with Gasteiger partial charge in [0, 0.05) is 18.1 Å². The van der Waals surface area contributed by atoms with Crippen LogP contribution < -0.4 is 10.1 Å². The number of carbonyl (C=O) groups is 2. The predicted octanol–water partition coefficient (Wildman–Crippen LogP) is 3.83. The molecule has 0 radical (unpaired) electrons. The van der Waals surface area contributed by atoms with Crippen LogP contribution in [-0.2, 0) is 22.6 Å². The van der Waals surface area contributed by atoms with Gasteiger partial charge in [0.1, 0.15) is 11.8 Å². The van der Waals surface area contributed by atoms with Gasteiger partial charge in [-0.3, -0.25) is 9.59 Å². The fourth-order valence-corrected chi connectivity index (χ4v) is 3.14. The summed E-state index contributed by atoms with van der Waals surface area (Å²) in [5.41, 5.74) is 1.80. The van der Waals surface area contributed by atoms with E-state index in [9.17, 15) is 9.59 Å². The molecule has 0 aromatic heterocycles. The number of carbonyl (C=O) groups excluding carboxylic acids is 2. The van der Waals surface area contributed by atoms with Gasteiger partial charge in [0.15, 0.2) is 0 Å². The Hall–Kier alpha value is -2.53. The molecule has 0 heterocycles. The average molecular weight is 403 g/mol. The zero-order chi connectivity index (χ0) is 20.5. The van der Waals surface area contributed by atoms with Crippen LogP contribution in [0.15, 0.2) is 48.5 Å². The van der Waals surface area contributed by atoms with Crippen molar-refractivity contribution in [3.63, 3.8) is 0 Å². The Balaban J connectivity index is 2.25. The normalized spacial score (nSPS) is 11.6. The molecule has 6 heteroatoms. The number of hydrogen-bond acceptors (Lipinski definition) is 3. The van der Waals surface area contributed by atoms with Crippen LogP contribution in [0.5, 0.6) is 5.75 Å². The monoisotopic (exact) mass is 402 g/mol. The summed E-state index contributed by atoms with van der Waals surface area (Å²) in [6.07, 6.45) is 0.748. The second-order valence-corrected chi connectivity index (χ2v) is 6.93. The van der Waals surface area contributed by atoms with Crippen LogP contribution >= 0.6 is 11.6 Å². The van der Waals surface area contributed by atoms with Crippen molar-refractivity contribution >= 4 is 23.4 Å². The minimum atomic E-state index is -0.526. The second kappa shape index (κ2) is 10.7. The molecule has 0 spiro atoms. The Bertz CT molecular complexity index is 775. The van der Waals surface area contributed by atoms with E-state index in [0.29, 0.717) is 24.5 Å². The van der Waals surface area contributed by atoms with Crippen LogP contribution in [-0.4, -0.2) is 36.4 Å². The summed E-state index contributed by atoms with van der Waals surface area (Å²) in [4.78, 5) is 27.3. The third-order valence-corrected chi connectivity index (χ3v) is 4.77. The lowest BCUT2D eigenvalue weighted by atomic mass is 10.1. The lowest BCUT2D eigenvalue weighted by Crippen LogP contribution is -2.49. The van der Waals surface area contributed by atoms with E-state index in [1.54, 1.807) is 24.1 Å². The number of nitrogens with zero attached hydrogens (tertiary/aromatic N) is 1. The van der Waals surface area contributed by atoms with Crippen LogP contribution in [0.4, 0.5) is 0 Å². The van der Waals surface area contributed by atoms with Gasteiger partial charge in [-0.25, -0.2) is 0 Å².